The molecule has 0 spiro atoms. The van der Waals surface area contributed by atoms with Gasteiger partial charge < -0.3 is 0 Å². The monoisotopic (exact) mass is 266 g/mol. The van der Waals surface area contributed by atoms with E-state index in [9.17, 15) is 4.79 Å². The fourth-order valence-electron chi connectivity index (χ4n) is 2.03. The van der Waals surface area contributed by atoms with Crippen LogP contribution in [-0.4, -0.2) is 19.6 Å². The third-order valence-electron chi connectivity index (χ3n) is 3.05. The van der Waals surface area contributed by atoms with E-state index in [1.807, 2.05) is 43.6 Å². The molecular weight excluding hydrogens is 252 g/mol. The molecule has 0 bridgehead atoms. The molecule has 0 saturated heterocycles. The van der Waals surface area contributed by atoms with E-state index < -0.39 is 0 Å². The quantitative estimate of drug-likeness (QED) is 0.723. The van der Waals surface area contributed by atoms with Gasteiger partial charge in [0, 0.05) is 25.7 Å². The molecule has 0 aliphatic carbocycles. The Bertz CT molecular complexity index is 774. The second-order valence-electron chi connectivity index (χ2n) is 4.61. The standard InChI is InChI=1S/C15H14N4O/c1-18-11-13(10-16-18)19-8-7-15(20)14(17-19)9-12-5-3-2-4-6-12/h2-8,10-11H,9H2,1H3. The van der Waals surface area contributed by atoms with Gasteiger partial charge in [0.1, 0.15) is 11.4 Å². The smallest absolute Gasteiger partial charge is 0.203 e. The third-order valence-corrected chi connectivity index (χ3v) is 3.05. The van der Waals surface area contributed by atoms with Crippen molar-refractivity contribution in [2.24, 2.45) is 7.05 Å². The predicted octanol–water partition coefficient (Wildman–Crippen LogP) is 1.56. The molecule has 5 heteroatoms. The number of hydrogen-bond donors (Lipinski definition) is 0. The summed E-state index contributed by atoms with van der Waals surface area (Å²) in [7, 11) is 1.84. The lowest BCUT2D eigenvalue weighted by molar-refractivity contribution is 0.762. The van der Waals surface area contributed by atoms with E-state index in [4.69, 9.17) is 0 Å². The minimum absolute atomic E-state index is 0.0472. The van der Waals surface area contributed by atoms with Crippen molar-refractivity contribution in [3.05, 3.63) is 76.5 Å². The van der Waals surface area contributed by atoms with Crippen molar-refractivity contribution >= 4 is 0 Å². The Balaban J connectivity index is 1.97. The molecule has 5 nitrogen and oxygen atoms in total. The molecular formula is C15H14N4O. The highest BCUT2D eigenvalue weighted by atomic mass is 16.1. The van der Waals surface area contributed by atoms with Gasteiger partial charge >= 0.3 is 0 Å². The lowest BCUT2D eigenvalue weighted by Crippen LogP contribution is -2.16. The fraction of sp³-hybridized carbons (Fsp3) is 0.133. The van der Waals surface area contributed by atoms with Crippen molar-refractivity contribution in [1.82, 2.24) is 19.6 Å². The molecule has 0 unspecified atom stereocenters. The van der Waals surface area contributed by atoms with Gasteiger partial charge in [0.2, 0.25) is 5.43 Å². The van der Waals surface area contributed by atoms with Crippen LogP contribution in [0.2, 0.25) is 0 Å². The summed E-state index contributed by atoms with van der Waals surface area (Å²) in [6, 6.07) is 11.4. The highest BCUT2D eigenvalue weighted by molar-refractivity contribution is 5.26. The van der Waals surface area contributed by atoms with E-state index in [0.717, 1.165) is 11.3 Å². The van der Waals surface area contributed by atoms with E-state index in [0.29, 0.717) is 12.1 Å². The number of nitrogens with zero attached hydrogens (tertiary/aromatic N) is 4. The van der Waals surface area contributed by atoms with Crippen LogP contribution in [0.1, 0.15) is 11.3 Å². The zero-order valence-corrected chi connectivity index (χ0v) is 11.1. The van der Waals surface area contributed by atoms with Crippen LogP contribution in [0, 0.1) is 0 Å². The summed E-state index contributed by atoms with van der Waals surface area (Å²) in [6.45, 7) is 0. The Labute approximate surface area is 116 Å². The predicted molar refractivity (Wildman–Crippen MR) is 75.8 cm³/mol. The summed E-state index contributed by atoms with van der Waals surface area (Å²) >= 11 is 0. The van der Waals surface area contributed by atoms with Gasteiger partial charge in [-0.05, 0) is 5.56 Å². The summed E-state index contributed by atoms with van der Waals surface area (Å²) < 4.78 is 3.37. The number of aryl methyl sites for hydroxylation is 1. The normalized spacial score (nSPS) is 10.7. The topological polar surface area (TPSA) is 52.7 Å². The van der Waals surface area contributed by atoms with E-state index >= 15 is 0 Å². The van der Waals surface area contributed by atoms with Crippen LogP contribution in [0.4, 0.5) is 0 Å². The lowest BCUT2D eigenvalue weighted by atomic mass is 10.1. The first-order chi connectivity index (χ1) is 9.72. The number of rotatable bonds is 3. The van der Waals surface area contributed by atoms with Crippen LogP contribution in [-0.2, 0) is 13.5 Å². The lowest BCUT2D eigenvalue weighted by Gasteiger charge is -2.05. The van der Waals surface area contributed by atoms with Crippen LogP contribution >= 0.6 is 0 Å². The van der Waals surface area contributed by atoms with Gasteiger partial charge in [-0.1, -0.05) is 30.3 Å². The molecule has 0 atom stereocenters. The van der Waals surface area contributed by atoms with Gasteiger partial charge in [0.25, 0.3) is 0 Å². The molecule has 0 fully saturated rings. The van der Waals surface area contributed by atoms with Gasteiger partial charge in [-0.3, -0.25) is 9.48 Å². The number of benzene rings is 1. The van der Waals surface area contributed by atoms with Crippen molar-refractivity contribution in [3.8, 4) is 5.69 Å². The van der Waals surface area contributed by atoms with Gasteiger partial charge in [-0.15, -0.1) is 0 Å². The van der Waals surface area contributed by atoms with Crippen LogP contribution < -0.4 is 5.43 Å². The Morgan fingerprint density at radius 1 is 1.15 bits per heavy atom. The Hall–Kier alpha value is -2.69. The van der Waals surface area contributed by atoms with Crippen molar-refractivity contribution in [1.29, 1.82) is 0 Å². The summed E-state index contributed by atoms with van der Waals surface area (Å²) in [4.78, 5) is 11.9. The average molecular weight is 266 g/mol. The largest absolute Gasteiger partial charge is 0.288 e. The van der Waals surface area contributed by atoms with Gasteiger partial charge in [0.15, 0.2) is 0 Å². The summed E-state index contributed by atoms with van der Waals surface area (Å²) in [5.41, 5.74) is 2.39. The van der Waals surface area contributed by atoms with Gasteiger partial charge in [0.05, 0.1) is 12.4 Å². The van der Waals surface area contributed by atoms with Crippen LogP contribution in [0.5, 0.6) is 0 Å². The molecule has 0 radical (unpaired) electrons. The maximum absolute atomic E-state index is 11.9. The average Bonchev–Trinajstić information content (AvgIpc) is 2.89. The summed E-state index contributed by atoms with van der Waals surface area (Å²) in [5.74, 6) is 0. The molecule has 1 aromatic carbocycles. The molecule has 0 N–H and O–H groups in total. The van der Waals surface area contributed by atoms with Crippen LogP contribution in [0.3, 0.4) is 0 Å². The molecule has 20 heavy (non-hydrogen) atoms. The third kappa shape index (κ3) is 2.51. The first-order valence-electron chi connectivity index (χ1n) is 6.34. The SMILES string of the molecule is Cn1cc(-n2ccc(=O)c(Cc3ccccc3)n2)cn1. The fourth-order valence-corrected chi connectivity index (χ4v) is 2.03. The van der Waals surface area contributed by atoms with Gasteiger partial charge in [-0.25, -0.2) is 4.68 Å². The van der Waals surface area contributed by atoms with E-state index in [2.05, 4.69) is 10.2 Å². The molecule has 2 aromatic heterocycles. The van der Waals surface area contributed by atoms with Crippen molar-refractivity contribution < 1.29 is 0 Å². The highest BCUT2D eigenvalue weighted by Gasteiger charge is 2.06. The second-order valence-corrected chi connectivity index (χ2v) is 4.61. The minimum Gasteiger partial charge on any atom is -0.288 e. The van der Waals surface area contributed by atoms with E-state index in [1.165, 1.54) is 6.07 Å². The molecule has 0 saturated carbocycles. The molecule has 0 aliphatic heterocycles. The van der Waals surface area contributed by atoms with Crippen molar-refractivity contribution in [2.75, 3.05) is 0 Å². The molecule has 0 amide bonds. The van der Waals surface area contributed by atoms with E-state index in [-0.39, 0.29) is 5.43 Å². The van der Waals surface area contributed by atoms with Crippen LogP contribution in [0.15, 0.2) is 59.8 Å². The Morgan fingerprint density at radius 3 is 2.65 bits per heavy atom. The summed E-state index contributed by atoms with van der Waals surface area (Å²) in [6.07, 6.45) is 5.75. The maximum Gasteiger partial charge on any atom is 0.203 e. The van der Waals surface area contributed by atoms with Crippen LogP contribution in [0.25, 0.3) is 5.69 Å². The number of hydrogen-bond acceptors (Lipinski definition) is 3. The molecule has 100 valence electrons. The van der Waals surface area contributed by atoms with E-state index in [1.54, 1.807) is 21.8 Å². The Morgan fingerprint density at radius 2 is 1.95 bits per heavy atom. The molecule has 3 rings (SSSR count). The maximum atomic E-state index is 11.9. The molecule has 3 aromatic rings. The minimum atomic E-state index is -0.0472. The first kappa shape index (κ1) is 12.3. The van der Waals surface area contributed by atoms with Crippen molar-refractivity contribution in [2.45, 2.75) is 6.42 Å². The zero-order chi connectivity index (χ0) is 13.9. The number of aromatic nitrogens is 4. The Kier molecular flexibility index (Phi) is 3.16. The first-order valence-corrected chi connectivity index (χ1v) is 6.34. The van der Waals surface area contributed by atoms with Crippen molar-refractivity contribution in [3.63, 3.8) is 0 Å². The zero-order valence-electron chi connectivity index (χ0n) is 11.1. The highest BCUT2D eigenvalue weighted by Crippen LogP contribution is 2.06. The summed E-state index contributed by atoms with van der Waals surface area (Å²) in [5, 5.41) is 8.51. The van der Waals surface area contributed by atoms with Gasteiger partial charge in [-0.2, -0.15) is 10.2 Å². The molecule has 2 heterocycles. The molecule has 0 aliphatic rings. The second kappa shape index (κ2) is 5.13.